The van der Waals surface area contributed by atoms with Gasteiger partial charge in [-0.15, -0.1) is 0 Å². The Morgan fingerprint density at radius 2 is 2.00 bits per heavy atom. The molecular weight excluding hydrogens is 246 g/mol. The van der Waals surface area contributed by atoms with Crippen molar-refractivity contribution < 1.29 is 4.74 Å². The molecule has 0 saturated heterocycles. The predicted octanol–water partition coefficient (Wildman–Crippen LogP) is 4.85. The third-order valence-electron chi connectivity index (χ3n) is 3.32. The third kappa shape index (κ3) is 4.37. The van der Waals surface area contributed by atoms with Crippen LogP contribution >= 0.6 is 0 Å². The number of ether oxygens (including phenoxy) is 1. The maximum atomic E-state index is 5.68. The smallest absolute Gasteiger partial charge is 0.209 e. The first-order valence-corrected chi connectivity index (χ1v) is 7.21. The summed E-state index contributed by atoms with van der Waals surface area (Å²) >= 11 is 0. The highest BCUT2D eigenvalue weighted by Crippen LogP contribution is 2.23. The van der Waals surface area contributed by atoms with Crippen molar-refractivity contribution in [3.05, 3.63) is 59.2 Å². The maximum Gasteiger partial charge on any atom is 0.209 e. The van der Waals surface area contributed by atoms with Crippen molar-refractivity contribution in [3.8, 4) is 0 Å². The van der Waals surface area contributed by atoms with Gasteiger partial charge in [0.15, 0.2) is 0 Å². The molecule has 1 aliphatic rings. The number of hydrogen-bond donors (Lipinski definition) is 0. The highest BCUT2D eigenvalue weighted by atomic mass is 16.5. The predicted molar refractivity (Wildman–Crippen MR) is 85.0 cm³/mol. The minimum atomic E-state index is 0.146. The molecule has 2 nitrogen and oxygen atoms in total. The van der Waals surface area contributed by atoms with E-state index in [9.17, 15) is 0 Å². The molecule has 0 N–H and O–H groups in total. The van der Waals surface area contributed by atoms with E-state index in [1.165, 1.54) is 16.7 Å². The minimum absolute atomic E-state index is 0.146. The van der Waals surface area contributed by atoms with E-state index in [0.717, 1.165) is 18.7 Å². The van der Waals surface area contributed by atoms with Gasteiger partial charge in [0.1, 0.15) is 12.6 Å². The summed E-state index contributed by atoms with van der Waals surface area (Å²) < 4.78 is 5.68. The molecule has 0 aliphatic carbocycles. The van der Waals surface area contributed by atoms with Crippen molar-refractivity contribution in [2.45, 2.75) is 39.7 Å². The van der Waals surface area contributed by atoms with Crippen LogP contribution < -0.4 is 0 Å². The van der Waals surface area contributed by atoms with E-state index in [4.69, 9.17) is 4.74 Å². The molecule has 20 heavy (non-hydrogen) atoms. The number of aliphatic imine (C=N–C) groups is 1. The molecule has 2 heteroatoms. The normalized spacial score (nSPS) is 18.4. The van der Waals surface area contributed by atoms with Crippen molar-refractivity contribution in [1.82, 2.24) is 0 Å². The number of benzene rings is 1. The van der Waals surface area contributed by atoms with Crippen LogP contribution in [-0.2, 0) is 4.74 Å². The standard InChI is InChI=1S/C18H23NO/c1-14(2)8-7-9-15(3)12-18-19-17(13-20-18)16-10-5-4-6-11-16/h4-6,8,10-12,17H,7,9,13H2,1-3H3/b15-12+. The fourth-order valence-corrected chi connectivity index (χ4v) is 2.19. The van der Waals surface area contributed by atoms with Crippen LogP contribution in [0.15, 0.2) is 58.6 Å². The highest BCUT2D eigenvalue weighted by molar-refractivity contribution is 5.89. The maximum absolute atomic E-state index is 5.68. The van der Waals surface area contributed by atoms with Gasteiger partial charge in [0.05, 0.1) is 0 Å². The van der Waals surface area contributed by atoms with Crippen LogP contribution in [0.2, 0.25) is 0 Å². The first kappa shape index (κ1) is 14.6. The van der Waals surface area contributed by atoms with Gasteiger partial charge in [-0.05, 0) is 45.3 Å². The van der Waals surface area contributed by atoms with Gasteiger partial charge in [-0.25, -0.2) is 4.99 Å². The van der Waals surface area contributed by atoms with E-state index in [0.29, 0.717) is 6.61 Å². The molecular formula is C18H23NO. The molecule has 1 aromatic carbocycles. The summed E-state index contributed by atoms with van der Waals surface area (Å²) in [4.78, 5) is 4.64. The first-order chi connectivity index (χ1) is 9.65. The van der Waals surface area contributed by atoms with Crippen molar-refractivity contribution in [3.63, 3.8) is 0 Å². The Morgan fingerprint density at radius 3 is 2.70 bits per heavy atom. The monoisotopic (exact) mass is 269 g/mol. The molecule has 0 saturated carbocycles. The van der Waals surface area contributed by atoms with E-state index >= 15 is 0 Å². The molecule has 0 aromatic heterocycles. The van der Waals surface area contributed by atoms with Gasteiger partial charge in [0.2, 0.25) is 5.90 Å². The van der Waals surface area contributed by atoms with E-state index in [1.807, 2.05) is 18.2 Å². The number of rotatable bonds is 5. The van der Waals surface area contributed by atoms with Gasteiger partial charge in [0, 0.05) is 0 Å². The molecule has 0 fully saturated rings. The Kier molecular flexibility index (Phi) is 5.16. The SMILES string of the molecule is CC(C)=CCC/C(C)=C/C1=NC(c2ccccc2)CO1. The summed E-state index contributed by atoms with van der Waals surface area (Å²) in [5.41, 5.74) is 3.91. The summed E-state index contributed by atoms with van der Waals surface area (Å²) in [6.07, 6.45) is 6.48. The Hall–Kier alpha value is -1.83. The van der Waals surface area contributed by atoms with E-state index < -0.39 is 0 Å². The van der Waals surface area contributed by atoms with Crippen LogP contribution in [0.4, 0.5) is 0 Å². The number of hydrogen-bond acceptors (Lipinski definition) is 2. The van der Waals surface area contributed by atoms with Gasteiger partial charge >= 0.3 is 0 Å². The first-order valence-electron chi connectivity index (χ1n) is 7.21. The highest BCUT2D eigenvalue weighted by Gasteiger charge is 2.18. The number of allylic oxidation sites excluding steroid dienone is 3. The van der Waals surface area contributed by atoms with Gasteiger partial charge in [-0.1, -0.05) is 47.6 Å². The third-order valence-corrected chi connectivity index (χ3v) is 3.32. The quantitative estimate of drug-likeness (QED) is 0.700. The summed E-state index contributed by atoms with van der Waals surface area (Å²) in [6, 6.07) is 10.5. The second-order valence-electron chi connectivity index (χ2n) is 5.52. The lowest BCUT2D eigenvalue weighted by molar-refractivity contribution is 0.321. The molecule has 2 rings (SSSR count). The van der Waals surface area contributed by atoms with Crippen molar-refractivity contribution in [2.24, 2.45) is 4.99 Å². The summed E-state index contributed by atoms with van der Waals surface area (Å²) in [6.45, 7) is 7.05. The summed E-state index contributed by atoms with van der Waals surface area (Å²) in [7, 11) is 0. The van der Waals surface area contributed by atoms with Crippen molar-refractivity contribution >= 4 is 5.90 Å². The molecule has 1 aliphatic heterocycles. The van der Waals surface area contributed by atoms with Crippen LogP contribution in [0.1, 0.15) is 45.2 Å². The Bertz CT molecular complexity index is 522. The summed E-state index contributed by atoms with van der Waals surface area (Å²) in [5.74, 6) is 0.772. The van der Waals surface area contributed by atoms with E-state index in [1.54, 1.807) is 0 Å². The van der Waals surface area contributed by atoms with Crippen LogP contribution in [0, 0.1) is 0 Å². The van der Waals surface area contributed by atoms with Crippen molar-refractivity contribution in [1.29, 1.82) is 0 Å². The van der Waals surface area contributed by atoms with E-state index in [2.05, 4.69) is 50.0 Å². The largest absolute Gasteiger partial charge is 0.475 e. The van der Waals surface area contributed by atoms with Crippen LogP contribution in [0.25, 0.3) is 0 Å². The Labute approximate surface area is 121 Å². The molecule has 1 unspecified atom stereocenters. The molecule has 0 bridgehead atoms. The lowest BCUT2D eigenvalue weighted by Crippen LogP contribution is -1.98. The number of nitrogens with zero attached hydrogens (tertiary/aromatic N) is 1. The average Bonchev–Trinajstić information content (AvgIpc) is 2.88. The zero-order valence-electron chi connectivity index (χ0n) is 12.6. The van der Waals surface area contributed by atoms with Crippen molar-refractivity contribution in [2.75, 3.05) is 6.61 Å². The van der Waals surface area contributed by atoms with Gasteiger partial charge in [-0.2, -0.15) is 0 Å². The van der Waals surface area contributed by atoms with Crippen LogP contribution in [0.3, 0.4) is 0 Å². The minimum Gasteiger partial charge on any atom is -0.475 e. The van der Waals surface area contributed by atoms with Gasteiger partial charge in [-0.3, -0.25) is 0 Å². The Balaban J connectivity index is 1.95. The fraction of sp³-hybridized carbons (Fsp3) is 0.389. The Morgan fingerprint density at radius 1 is 1.25 bits per heavy atom. The second kappa shape index (κ2) is 7.09. The zero-order chi connectivity index (χ0) is 14.4. The van der Waals surface area contributed by atoms with E-state index in [-0.39, 0.29) is 6.04 Å². The zero-order valence-corrected chi connectivity index (χ0v) is 12.6. The molecule has 0 spiro atoms. The molecule has 106 valence electrons. The lowest BCUT2D eigenvalue weighted by Gasteiger charge is -2.03. The molecule has 1 heterocycles. The molecule has 1 aromatic rings. The van der Waals surface area contributed by atoms with Crippen LogP contribution in [0.5, 0.6) is 0 Å². The van der Waals surface area contributed by atoms with Crippen LogP contribution in [-0.4, -0.2) is 12.5 Å². The topological polar surface area (TPSA) is 21.6 Å². The molecule has 0 amide bonds. The van der Waals surface area contributed by atoms with Gasteiger partial charge in [0.25, 0.3) is 0 Å². The summed E-state index contributed by atoms with van der Waals surface area (Å²) in [5, 5.41) is 0. The molecule has 0 radical (unpaired) electrons. The lowest BCUT2D eigenvalue weighted by atomic mass is 10.1. The average molecular weight is 269 g/mol. The molecule has 1 atom stereocenters. The van der Waals surface area contributed by atoms with Gasteiger partial charge < -0.3 is 4.74 Å². The second-order valence-corrected chi connectivity index (χ2v) is 5.52. The fourth-order valence-electron chi connectivity index (χ4n) is 2.19.